The number of Topliss-reactive ketones (excluding diaryl/α,β-unsaturated/α-hetero) is 1. The Hall–Kier alpha value is -3.29. The number of methoxy groups -OCH3 is 1. The van der Waals surface area contributed by atoms with Crippen LogP contribution < -0.4 is 14.2 Å². The zero-order valence-electron chi connectivity index (χ0n) is 23.4. The van der Waals surface area contributed by atoms with Gasteiger partial charge < -0.3 is 74.4 Å². The van der Waals surface area contributed by atoms with Crippen LogP contribution in [-0.2, 0) is 14.2 Å². The quantitative estimate of drug-likeness (QED) is 0.158. The van der Waals surface area contributed by atoms with Crippen LogP contribution in [0.5, 0.6) is 28.7 Å². The summed E-state index contributed by atoms with van der Waals surface area (Å²) < 4.78 is 32.9. The molecule has 2 aromatic rings. The summed E-state index contributed by atoms with van der Waals surface area (Å²) in [5.74, 6) is -2.05. The van der Waals surface area contributed by atoms with Gasteiger partial charge in [0.25, 0.3) is 0 Å². The van der Waals surface area contributed by atoms with Crippen LogP contribution in [0.25, 0.3) is 0 Å². The largest absolute Gasteiger partial charge is 0.507 e. The van der Waals surface area contributed by atoms with E-state index in [2.05, 4.69) is 0 Å². The van der Waals surface area contributed by atoms with E-state index in [0.29, 0.717) is 0 Å². The van der Waals surface area contributed by atoms with Crippen molar-refractivity contribution in [2.24, 2.45) is 0 Å². The highest BCUT2D eigenvalue weighted by molar-refractivity contribution is 6.05. The molecular formula is C28H34O16. The number of fused-ring (bicyclic) bond motifs is 1. The van der Waals surface area contributed by atoms with Crippen LogP contribution in [0, 0.1) is 0 Å². The van der Waals surface area contributed by atoms with E-state index in [1.165, 1.54) is 38.3 Å². The lowest BCUT2D eigenvalue weighted by atomic mass is 9.92. The zero-order chi connectivity index (χ0) is 32.0. The number of phenolic OH excluding ortho intramolecular Hbond substituents is 2. The Labute approximate surface area is 249 Å². The van der Waals surface area contributed by atoms with E-state index in [4.69, 9.17) is 28.4 Å². The first-order chi connectivity index (χ1) is 20.8. The van der Waals surface area contributed by atoms with Crippen LogP contribution in [0.1, 0.15) is 28.9 Å². The monoisotopic (exact) mass is 626 g/mol. The lowest BCUT2D eigenvalue weighted by Crippen LogP contribution is -2.61. The van der Waals surface area contributed by atoms with Crippen molar-refractivity contribution in [1.29, 1.82) is 0 Å². The summed E-state index contributed by atoms with van der Waals surface area (Å²) in [6.45, 7) is 0.921. The lowest BCUT2D eigenvalue weighted by molar-refractivity contribution is -0.318. The summed E-state index contributed by atoms with van der Waals surface area (Å²) in [4.78, 5) is 13.0. The maximum atomic E-state index is 13.0. The molecule has 3 aliphatic rings. The highest BCUT2D eigenvalue weighted by Gasteiger charge is 2.48. The van der Waals surface area contributed by atoms with E-state index in [-0.39, 0.29) is 34.1 Å². The molecule has 12 unspecified atom stereocenters. The minimum absolute atomic E-state index is 0.148. The maximum absolute atomic E-state index is 13.0. The standard InChI is InChI=1S/C28H34O16/c1-9-18(31)21(34)24(37)27(41-9)40-8-16-19(32)22(35)25(38)28(44-16)42-11-6-13(30)17-15(7-11)43-26(23(36)20(17)33)10-3-4-14(39-2)12(29)5-10/h3-7,9,16,18-19,21-32,34-38H,8H2,1-2H3. The highest BCUT2D eigenvalue weighted by Crippen LogP contribution is 2.43. The molecule has 3 aliphatic heterocycles. The minimum Gasteiger partial charge on any atom is -0.507 e. The van der Waals surface area contributed by atoms with Crippen molar-refractivity contribution in [2.75, 3.05) is 13.7 Å². The smallest absolute Gasteiger partial charge is 0.229 e. The summed E-state index contributed by atoms with van der Waals surface area (Å²) in [5.41, 5.74) is -0.131. The van der Waals surface area contributed by atoms with Gasteiger partial charge in [-0.15, -0.1) is 0 Å². The predicted molar refractivity (Wildman–Crippen MR) is 142 cm³/mol. The molecule has 9 N–H and O–H groups in total. The average Bonchev–Trinajstić information content (AvgIpc) is 2.99. The first-order valence-electron chi connectivity index (χ1n) is 13.6. The molecule has 5 rings (SSSR count). The Morgan fingerprint density at radius 3 is 2.16 bits per heavy atom. The number of aliphatic hydroxyl groups excluding tert-OH is 7. The first kappa shape index (κ1) is 32.1. The van der Waals surface area contributed by atoms with Gasteiger partial charge >= 0.3 is 0 Å². The molecule has 0 bridgehead atoms. The normalized spacial score (nSPS) is 37.2. The van der Waals surface area contributed by atoms with Crippen molar-refractivity contribution >= 4 is 5.78 Å². The van der Waals surface area contributed by atoms with Gasteiger partial charge in [-0.1, -0.05) is 6.07 Å². The summed E-state index contributed by atoms with van der Waals surface area (Å²) in [5, 5.41) is 92.9. The summed E-state index contributed by atoms with van der Waals surface area (Å²) >= 11 is 0. The SMILES string of the molecule is COc1ccc(C2Oc3cc(OC4OC(COC5OC(C)C(O)C(O)C5O)C(O)C(O)C4O)cc(O)c3C(=O)C2O)cc1O. The van der Waals surface area contributed by atoms with E-state index < -0.39 is 91.8 Å². The number of ketones is 1. The number of benzene rings is 2. The molecule has 0 aliphatic carbocycles. The zero-order valence-corrected chi connectivity index (χ0v) is 23.4. The van der Waals surface area contributed by atoms with Crippen molar-refractivity contribution in [3.63, 3.8) is 0 Å². The van der Waals surface area contributed by atoms with Gasteiger partial charge in [-0.3, -0.25) is 4.79 Å². The Morgan fingerprint density at radius 2 is 1.48 bits per heavy atom. The number of hydrogen-bond acceptors (Lipinski definition) is 16. The van der Waals surface area contributed by atoms with Crippen molar-refractivity contribution in [1.82, 2.24) is 0 Å². The molecule has 12 atom stereocenters. The van der Waals surface area contributed by atoms with Gasteiger partial charge in [0.05, 0.1) is 19.8 Å². The molecule has 16 nitrogen and oxygen atoms in total. The van der Waals surface area contributed by atoms with Crippen molar-refractivity contribution < 1.29 is 79.2 Å². The maximum Gasteiger partial charge on any atom is 0.229 e. The van der Waals surface area contributed by atoms with E-state index in [1.807, 2.05) is 0 Å². The van der Waals surface area contributed by atoms with Crippen LogP contribution >= 0.6 is 0 Å². The molecule has 3 heterocycles. The number of hydrogen-bond donors (Lipinski definition) is 9. The number of ether oxygens (including phenoxy) is 6. The van der Waals surface area contributed by atoms with E-state index in [0.717, 1.165) is 6.07 Å². The van der Waals surface area contributed by atoms with Crippen LogP contribution in [0.4, 0.5) is 0 Å². The molecule has 2 saturated heterocycles. The third kappa shape index (κ3) is 5.89. The molecule has 44 heavy (non-hydrogen) atoms. The van der Waals surface area contributed by atoms with E-state index in [9.17, 15) is 50.8 Å². The Bertz CT molecular complexity index is 1350. The molecule has 0 aromatic heterocycles. The number of carbonyl (C=O) groups excluding carboxylic acids is 1. The van der Waals surface area contributed by atoms with Gasteiger partial charge in [0.2, 0.25) is 12.1 Å². The second kappa shape index (κ2) is 12.6. The van der Waals surface area contributed by atoms with Gasteiger partial charge in [-0.2, -0.15) is 0 Å². The first-order valence-corrected chi connectivity index (χ1v) is 13.6. The van der Waals surface area contributed by atoms with Crippen LogP contribution in [-0.4, -0.2) is 133 Å². The molecule has 2 aromatic carbocycles. The second-order valence-electron chi connectivity index (χ2n) is 10.7. The van der Waals surface area contributed by atoms with Gasteiger partial charge in [0.1, 0.15) is 65.5 Å². The summed E-state index contributed by atoms with van der Waals surface area (Å²) in [7, 11) is 1.35. The Kier molecular flexibility index (Phi) is 9.20. The molecule has 0 radical (unpaired) electrons. The second-order valence-corrected chi connectivity index (χ2v) is 10.7. The molecule has 242 valence electrons. The van der Waals surface area contributed by atoms with Crippen LogP contribution in [0.2, 0.25) is 0 Å². The Morgan fingerprint density at radius 1 is 0.795 bits per heavy atom. The third-order valence-corrected chi connectivity index (χ3v) is 7.80. The van der Waals surface area contributed by atoms with Gasteiger partial charge in [0, 0.05) is 12.1 Å². The number of phenols is 2. The van der Waals surface area contributed by atoms with Crippen LogP contribution in [0.3, 0.4) is 0 Å². The predicted octanol–water partition coefficient (Wildman–Crippen LogP) is -2.19. The fourth-order valence-corrected chi connectivity index (χ4v) is 5.23. The van der Waals surface area contributed by atoms with E-state index in [1.54, 1.807) is 0 Å². The Balaban J connectivity index is 1.33. The molecule has 0 spiro atoms. The van der Waals surface area contributed by atoms with Crippen molar-refractivity contribution in [2.45, 2.75) is 80.5 Å². The number of carbonyl (C=O) groups is 1. The van der Waals surface area contributed by atoms with Gasteiger partial charge in [-0.05, 0) is 24.6 Å². The van der Waals surface area contributed by atoms with Gasteiger partial charge in [0.15, 0.2) is 30.0 Å². The van der Waals surface area contributed by atoms with Crippen molar-refractivity contribution in [3.05, 3.63) is 41.5 Å². The number of rotatable bonds is 7. The molecule has 2 fully saturated rings. The van der Waals surface area contributed by atoms with E-state index >= 15 is 0 Å². The fraction of sp³-hybridized carbons (Fsp3) is 0.536. The fourth-order valence-electron chi connectivity index (χ4n) is 5.23. The number of aromatic hydroxyl groups is 2. The average molecular weight is 627 g/mol. The summed E-state index contributed by atoms with van der Waals surface area (Å²) in [6.07, 6.45) is -18.3. The molecule has 0 amide bonds. The highest BCUT2D eigenvalue weighted by atomic mass is 16.7. The molecule has 16 heteroatoms. The summed E-state index contributed by atoms with van der Waals surface area (Å²) in [6, 6.07) is 6.28. The number of aliphatic hydroxyl groups is 7. The topological polar surface area (TPSA) is 255 Å². The lowest BCUT2D eigenvalue weighted by Gasteiger charge is -2.42. The third-order valence-electron chi connectivity index (χ3n) is 7.80. The van der Waals surface area contributed by atoms with Crippen molar-refractivity contribution in [3.8, 4) is 28.7 Å². The molecule has 0 saturated carbocycles. The molecular weight excluding hydrogens is 592 g/mol. The minimum atomic E-state index is -1.81. The van der Waals surface area contributed by atoms with Gasteiger partial charge in [-0.25, -0.2) is 0 Å². The van der Waals surface area contributed by atoms with Crippen LogP contribution in [0.15, 0.2) is 30.3 Å².